The average molecular weight is 345 g/mol. The van der Waals surface area contributed by atoms with Gasteiger partial charge in [-0.1, -0.05) is 32.0 Å². The van der Waals surface area contributed by atoms with Gasteiger partial charge in [0, 0.05) is 39.8 Å². The molecule has 3 aromatic rings. The van der Waals surface area contributed by atoms with E-state index in [2.05, 4.69) is 15.5 Å². The molecular weight excluding hydrogens is 326 g/mol. The molecule has 1 atom stereocenters. The molecule has 126 valence electrons. The number of hydrogen-bond donors (Lipinski definition) is 2. The molecule has 0 aliphatic rings. The standard InChI is InChI=1S/C17H19N3O3S/c1-10(2)13-8-15(20-19-13)18-17(21)16-12(9-24(3)22)11-6-4-5-7-14(11)23-16/h4-8,10H,9H2,1-3H3,(H2,18,19,20,21)/t24-/m1/s1. The lowest BCUT2D eigenvalue weighted by Crippen LogP contribution is -2.13. The van der Waals surface area contributed by atoms with Crippen molar-refractivity contribution in [2.75, 3.05) is 11.6 Å². The third kappa shape index (κ3) is 3.26. The Hall–Kier alpha value is -2.41. The number of carbonyl (C=O) groups is 1. The topological polar surface area (TPSA) is 88.0 Å². The first-order valence-corrected chi connectivity index (χ1v) is 9.35. The van der Waals surface area contributed by atoms with Crippen LogP contribution in [0, 0.1) is 0 Å². The summed E-state index contributed by atoms with van der Waals surface area (Å²) in [6.07, 6.45) is 1.60. The Morgan fingerprint density at radius 1 is 1.38 bits per heavy atom. The number of hydrogen-bond acceptors (Lipinski definition) is 4. The van der Waals surface area contributed by atoms with Gasteiger partial charge >= 0.3 is 0 Å². The molecule has 7 heteroatoms. The van der Waals surface area contributed by atoms with Gasteiger partial charge < -0.3 is 9.73 Å². The van der Waals surface area contributed by atoms with E-state index in [9.17, 15) is 9.00 Å². The molecule has 1 aromatic carbocycles. The van der Waals surface area contributed by atoms with Gasteiger partial charge in [0.1, 0.15) is 5.58 Å². The van der Waals surface area contributed by atoms with Crippen LogP contribution in [-0.2, 0) is 16.6 Å². The highest BCUT2D eigenvalue weighted by Gasteiger charge is 2.22. The van der Waals surface area contributed by atoms with Crippen molar-refractivity contribution in [3.8, 4) is 0 Å². The first-order chi connectivity index (χ1) is 11.5. The van der Waals surface area contributed by atoms with Crippen molar-refractivity contribution in [1.82, 2.24) is 10.2 Å². The fourth-order valence-electron chi connectivity index (χ4n) is 2.50. The summed E-state index contributed by atoms with van der Waals surface area (Å²) in [6.45, 7) is 4.07. The van der Waals surface area contributed by atoms with Crippen molar-refractivity contribution in [3.05, 3.63) is 47.3 Å². The molecule has 0 saturated heterocycles. The highest BCUT2D eigenvalue weighted by Crippen LogP contribution is 2.27. The number of para-hydroxylation sites is 1. The average Bonchev–Trinajstić information content (AvgIpc) is 3.12. The van der Waals surface area contributed by atoms with Gasteiger partial charge in [-0.2, -0.15) is 5.10 Å². The minimum Gasteiger partial charge on any atom is -0.451 e. The predicted octanol–water partition coefficient (Wildman–Crippen LogP) is 3.41. The number of fused-ring (bicyclic) bond motifs is 1. The van der Waals surface area contributed by atoms with Gasteiger partial charge in [0.2, 0.25) is 0 Å². The number of H-pyrrole nitrogens is 1. The molecule has 1 amide bonds. The number of aromatic nitrogens is 2. The lowest BCUT2D eigenvalue weighted by molar-refractivity contribution is 0.0997. The lowest BCUT2D eigenvalue weighted by Gasteiger charge is -2.02. The lowest BCUT2D eigenvalue weighted by atomic mass is 10.1. The Labute approximate surface area is 142 Å². The van der Waals surface area contributed by atoms with E-state index in [1.54, 1.807) is 18.4 Å². The Balaban J connectivity index is 1.94. The van der Waals surface area contributed by atoms with Gasteiger partial charge in [0.05, 0.1) is 5.75 Å². The molecule has 0 spiro atoms. The number of benzene rings is 1. The molecule has 0 aliphatic carbocycles. The maximum absolute atomic E-state index is 12.6. The van der Waals surface area contributed by atoms with Crippen LogP contribution in [0.3, 0.4) is 0 Å². The van der Waals surface area contributed by atoms with Crippen molar-refractivity contribution in [1.29, 1.82) is 0 Å². The van der Waals surface area contributed by atoms with Gasteiger partial charge in [0.25, 0.3) is 5.91 Å². The van der Waals surface area contributed by atoms with Crippen LogP contribution in [0.5, 0.6) is 0 Å². The van der Waals surface area contributed by atoms with E-state index in [0.29, 0.717) is 17.0 Å². The number of carbonyl (C=O) groups excluding carboxylic acids is 1. The Morgan fingerprint density at radius 2 is 2.12 bits per heavy atom. The quantitative estimate of drug-likeness (QED) is 0.742. The van der Waals surface area contributed by atoms with Gasteiger partial charge in [-0.25, -0.2) is 0 Å². The van der Waals surface area contributed by atoms with Crippen molar-refractivity contribution in [2.45, 2.75) is 25.5 Å². The SMILES string of the molecule is CC(C)c1cc(NC(=O)c2oc3ccccc3c2C[S@@](C)=O)n[nH]1. The summed E-state index contributed by atoms with van der Waals surface area (Å²) in [7, 11) is -1.09. The number of rotatable bonds is 5. The molecule has 0 saturated carbocycles. The largest absolute Gasteiger partial charge is 0.451 e. The van der Waals surface area contributed by atoms with Crippen LogP contribution in [0.4, 0.5) is 5.82 Å². The van der Waals surface area contributed by atoms with E-state index in [-0.39, 0.29) is 17.4 Å². The van der Waals surface area contributed by atoms with Crippen molar-refractivity contribution >= 4 is 33.5 Å². The number of nitrogens with zero attached hydrogens (tertiary/aromatic N) is 1. The van der Waals surface area contributed by atoms with Crippen molar-refractivity contribution in [3.63, 3.8) is 0 Å². The predicted molar refractivity (Wildman–Crippen MR) is 94.6 cm³/mol. The second kappa shape index (κ2) is 6.60. The van der Waals surface area contributed by atoms with Gasteiger partial charge in [-0.3, -0.25) is 14.1 Å². The fourth-order valence-corrected chi connectivity index (χ4v) is 3.19. The van der Waals surface area contributed by atoms with E-state index in [1.807, 2.05) is 32.0 Å². The van der Waals surface area contributed by atoms with Crippen LogP contribution in [-0.4, -0.2) is 26.6 Å². The Kier molecular flexibility index (Phi) is 4.53. The summed E-state index contributed by atoms with van der Waals surface area (Å²) in [4.78, 5) is 12.6. The summed E-state index contributed by atoms with van der Waals surface area (Å²) in [5.41, 5.74) is 2.20. The maximum atomic E-state index is 12.6. The van der Waals surface area contributed by atoms with Crippen LogP contribution < -0.4 is 5.32 Å². The van der Waals surface area contributed by atoms with Gasteiger partial charge in [-0.15, -0.1) is 0 Å². The molecule has 0 fully saturated rings. The third-order valence-corrected chi connectivity index (χ3v) is 4.41. The molecule has 6 nitrogen and oxygen atoms in total. The molecule has 0 bridgehead atoms. The van der Waals surface area contributed by atoms with E-state index in [1.165, 1.54) is 0 Å². The van der Waals surface area contributed by atoms with Crippen molar-refractivity contribution in [2.24, 2.45) is 0 Å². The van der Waals surface area contributed by atoms with Crippen LogP contribution in [0.15, 0.2) is 34.7 Å². The van der Waals surface area contributed by atoms with Crippen LogP contribution >= 0.6 is 0 Å². The molecule has 2 aromatic heterocycles. The molecule has 0 aliphatic heterocycles. The monoisotopic (exact) mass is 345 g/mol. The van der Waals surface area contributed by atoms with Gasteiger partial charge in [-0.05, 0) is 12.0 Å². The minimum absolute atomic E-state index is 0.181. The zero-order valence-corrected chi connectivity index (χ0v) is 14.6. The molecule has 3 rings (SSSR count). The summed E-state index contributed by atoms with van der Waals surface area (Å²) >= 11 is 0. The first kappa shape index (κ1) is 16.4. The number of aromatic amines is 1. The highest BCUT2D eigenvalue weighted by atomic mass is 32.2. The molecular formula is C17H19N3O3S. The summed E-state index contributed by atoms with van der Waals surface area (Å²) in [6, 6.07) is 9.15. The van der Waals surface area contributed by atoms with Crippen LogP contribution in [0.25, 0.3) is 11.0 Å². The molecule has 0 unspecified atom stereocenters. The van der Waals surface area contributed by atoms with E-state index in [4.69, 9.17) is 4.42 Å². The Morgan fingerprint density at radius 3 is 2.79 bits per heavy atom. The minimum atomic E-state index is -1.09. The zero-order valence-electron chi connectivity index (χ0n) is 13.8. The first-order valence-electron chi connectivity index (χ1n) is 7.62. The Bertz CT molecular complexity index is 911. The number of furan rings is 1. The molecule has 24 heavy (non-hydrogen) atoms. The van der Waals surface area contributed by atoms with E-state index in [0.717, 1.165) is 11.1 Å². The van der Waals surface area contributed by atoms with Gasteiger partial charge in [0.15, 0.2) is 11.6 Å². The molecule has 2 heterocycles. The smallest absolute Gasteiger partial charge is 0.292 e. The van der Waals surface area contributed by atoms with Crippen LogP contribution in [0.2, 0.25) is 0 Å². The summed E-state index contributed by atoms with van der Waals surface area (Å²) in [5, 5.41) is 10.5. The third-order valence-electron chi connectivity index (χ3n) is 3.71. The number of amides is 1. The normalized spacial score (nSPS) is 12.7. The second-order valence-corrected chi connectivity index (χ2v) is 7.38. The summed E-state index contributed by atoms with van der Waals surface area (Å²) < 4.78 is 17.4. The van der Waals surface area contributed by atoms with Crippen LogP contribution in [0.1, 0.15) is 41.6 Å². The summed E-state index contributed by atoms with van der Waals surface area (Å²) in [5.74, 6) is 0.770. The molecule has 0 radical (unpaired) electrons. The molecule has 2 N–H and O–H groups in total. The highest BCUT2D eigenvalue weighted by molar-refractivity contribution is 7.83. The maximum Gasteiger partial charge on any atom is 0.292 e. The zero-order chi connectivity index (χ0) is 17.3. The van der Waals surface area contributed by atoms with Crippen molar-refractivity contribution < 1.29 is 13.4 Å². The second-order valence-electron chi connectivity index (χ2n) is 5.94. The number of nitrogens with one attached hydrogen (secondary N) is 2. The number of anilines is 1. The van der Waals surface area contributed by atoms with E-state index < -0.39 is 16.7 Å². The van der Waals surface area contributed by atoms with E-state index >= 15 is 0 Å². The fraction of sp³-hybridized carbons (Fsp3) is 0.294.